The summed E-state index contributed by atoms with van der Waals surface area (Å²) in [6.45, 7) is 4.87. The maximum atomic E-state index is 12.4. The number of hydrogen-bond acceptors (Lipinski definition) is 6. The van der Waals surface area contributed by atoms with E-state index in [4.69, 9.17) is 0 Å². The van der Waals surface area contributed by atoms with Crippen molar-refractivity contribution in [3.63, 3.8) is 0 Å². The Bertz CT molecular complexity index is 892. The number of imidazole rings is 1. The molecule has 0 saturated heterocycles. The van der Waals surface area contributed by atoms with Gasteiger partial charge in [-0.1, -0.05) is 0 Å². The summed E-state index contributed by atoms with van der Waals surface area (Å²) in [6.07, 6.45) is 1.01. The van der Waals surface area contributed by atoms with Crippen LogP contribution in [0.5, 0.6) is 0 Å². The second kappa shape index (κ2) is 7.69. The molecular weight excluding hydrogens is 326 g/mol. The van der Waals surface area contributed by atoms with E-state index < -0.39 is 11.9 Å². The van der Waals surface area contributed by atoms with Gasteiger partial charge >= 0.3 is 17.6 Å². The van der Waals surface area contributed by atoms with Gasteiger partial charge in [0.25, 0.3) is 0 Å². The number of ether oxygens (including phenoxy) is 2. The lowest BCUT2D eigenvalue weighted by molar-refractivity contribution is -0.138. The Balaban J connectivity index is 2.50. The zero-order valence-electron chi connectivity index (χ0n) is 14.7. The van der Waals surface area contributed by atoms with Gasteiger partial charge in [0.2, 0.25) is 0 Å². The number of carbonyl (C=O) groups excluding carboxylic acids is 2. The van der Waals surface area contributed by atoms with Gasteiger partial charge in [-0.15, -0.1) is 0 Å². The van der Waals surface area contributed by atoms with E-state index in [-0.39, 0.29) is 11.4 Å². The number of rotatable bonds is 6. The molecule has 8 nitrogen and oxygen atoms in total. The minimum Gasteiger partial charge on any atom is -0.466 e. The predicted molar refractivity (Wildman–Crippen MR) is 93.3 cm³/mol. The van der Waals surface area contributed by atoms with Gasteiger partial charge in [0.1, 0.15) is 5.70 Å². The molecule has 0 aliphatic rings. The molecule has 1 heterocycles. The van der Waals surface area contributed by atoms with Crippen LogP contribution in [0.25, 0.3) is 11.0 Å². The van der Waals surface area contributed by atoms with Crippen LogP contribution in [0.1, 0.15) is 13.8 Å². The molecule has 0 bridgehead atoms. The molecule has 0 spiro atoms. The van der Waals surface area contributed by atoms with E-state index in [9.17, 15) is 14.4 Å². The largest absolute Gasteiger partial charge is 0.466 e. The number of fused-ring (bicyclic) bond motifs is 1. The molecule has 1 aromatic heterocycles. The first-order valence-corrected chi connectivity index (χ1v) is 7.84. The number of methoxy groups -OCH3 is 2. The molecule has 1 N–H and O–H groups in total. The van der Waals surface area contributed by atoms with Crippen molar-refractivity contribution < 1.29 is 19.1 Å². The van der Waals surface area contributed by atoms with Gasteiger partial charge in [-0.2, -0.15) is 0 Å². The molecule has 0 aliphatic heterocycles. The summed E-state index contributed by atoms with van der Waals surface area (Å²) in [5.74, 6) is -1.39. The highest BCUT2D eigenvalue weighted by molar-refractivity contribution is 5.99. The lowest BCUT2D eigenvalue weighted by Gasteiger charge is -2.10. The number of carbonyl (C=O) groups is 2. The van der Waals surface area contributed by atoms with Crippen LogP contribution in [0.15, 0.2) is 34.8 Å². The minimum absolute atomic E-state index is 0.0611. The standard InChI is InChI=1S/C17H21N3O5/c1-5-19-13-8-7-11(9-14(13)20(6-2)17(19)23)18-12(16(22)25-4)10-15(21)24-3/h7-10,18H,5-6H2,1-4H3/b12-10+. The highest BCUT2D eigenvalue weighted by Gasteiger charge is 2.15. The van der Waals surface area contributed by atoms with Crippen LogP contribution in [0.2, 0.25) is 0 Å². The molecule has 0 unspecified atom stereocenters. The van der Waals surface area contributed by atoms with Crippen molar-refractivity contribution in [2.45, 2.75) is 26.9 Å². The lowest BCUT2D eigenvalue weighted by atomic mass is 10.2. The Morgan fingerprint density at radius 1 is 1.08 bits per heavy atom. The zero-order chi connectivity index (χ0) is 18.6. The van der Waals surface area contributed by atoms with Gasteiger partial charge < -0.3 is 14.8 Å². The fraction of sp³-hybridized carbons (Fsp3) is 0.353. The minimum atomic E-state index is -0.704. The summed E-state index contributed by atoms with van der Waals surface area (Å²) in [4.78, 5) is 35.7. The normalized spacial score (nSPS) is 11.4. The van der Waals surface area contributed by atoms with E-state index in [2.05, 4.69) is 14.8 Å². The Labute approximate surface area is 144 Å². The molecule has 0 atom stereocenters. The maximum Gasteiger partial charge on any atom is 0.354 e. The third-order valence-corrected chi connectivity index (χ3v) is 3.80. The fourth-order valence-corrected chi connectivity index (χ4v) is 2.60. The van der Waals surface area contributed by atoms with Crippen molar-refractivity contribution in [2.24, 2.45) is 0 Å². The van der Waals surface area contributed by atoms with Crippen molar-refractivity contribution in [1.82, 2.24) is 9.13 Å². The monoisotopic (exact) mass is 347 g/mol. The summed E-state index contributed by atoms with van der Waals surface area (Å²) in [5.41, 5.74) is 1.94. The zero-order valence-corrected chi connectivity index (χ0v) is 14.7. The molecule has 0 amide bonds. The molecule has 0 radical (unpaired) electrons. The van der Waals surface area contributed by atoms with E-state index in [1.807, 2.05) is 13.8 Å². The van der Waals surface area contributed by atoms with Crippen LogP contribution >= 0.6 is 0 Å². The number of nitrogens with one attached hydrogen (secondary N) is 1. The second-order valence-electron chi connectivity index (χ2n) is 5.17. The van der Waals surface area contributed by atoms with Gasteiger partial charge in [-0.25, -0.2) is 14.4 Å². The van der Waals surface area contributed by atoms with Crippen LogP contribution in [-0.2, 0) is 32.2 Å². The Morgan fingerprint density at radius 2 is 1.72 bits per heavy atom. The molecule has 25 heavy (non-hydrogen) atoms. The molecule has 0 fully saturated rings. The molecule has 0 aliphatic carbocycles. The number of esters is 2. The van der Waals surface area contributed by atoms with Crippen molar-refractivity contribution in [1.29, 1.82) is 0 Å². The van der Waals surface area contributed by atoms with Gasteiger partial charge in [0.15, 0.2) is 0 Å². The third kappa shape index (κ3) is 3.57. The summed E-state index contributed by atoms with van der Waals surface area (Å²) >= 11 is 0. The van der Waals surface area contributed by atoms with Crippen molar-refractivity contribution in [3.8, 4) is 0 Å². The molecule has 8 heteroatoms. The van der Waals surface area contributed by atoms with E-state index in [0.29, 0.717) is 18.8 Å². The first kappa shape index (κ1) is 18.3. The first-order chi connectivity index (χ1) is 12.0. The summed E-state index contributed by atoms with van der Waals surface area (Å²) < 4.78 is 12.5. The van der Waals surface area contributed by atoms with Crippen LogP contribution in [0, 0.1) is 0 Å². The number of aryl methyl sites for hydroxylation is 2. The molecule has 0 saturated carbocycles. The van der Waals surface area contributed by atoms with Gasteiger partial charge in [-0.3, -0.25) is 9.13 Å². The Morgan fingerprint density at radius 3 is 2.28 bits per heavy atom. The number of hydrogen-bond donors (Lipinski definition) is 1. The topological polar surface area (TPSA) is 91.6 Å². The predicted octanol–water partition coefficient (Wildman–Crippen LogP) is 1.48. The highest BCUT2D eigenvalue weighted by atomic mass is 16.5. The smallest absolute Gasteiger partial charge is 0.354 e. The number of aromatic nitrogens is 2. The SMILES string of the molecule is CCn1c(=O)n(CC)c2cc(N/C(=C/C(=O)OC)C(=O)OC)ccc21. The molecular formula is C17H21N3O5. The van der Waals surface area contributed by atoms with E-state index in [0.717, 1.165) is 17.1 Å². The Kier molecular flexibility index (Phi) is 5.63. The summed E-state index contributed by atoms with van der Waals surface area (Å²) in [7, 11) is 2.43. The average Bonchev–Trinajstić information content (AvgIpc) is 2.89. The van der Waals surface area contributed by atoms with Gasteiger partial charge in [-0.05, 0) is 32.0 Å². The van der Waals surface area contributed by atoms with Crippen LogP contribution < -0.4 is 11.0 Å². The van der Waals surface area contributed by atoms with Crippen LogP contribution in [-0.4, -0.2) is 35.3 Å². The Hall–Kier alpha value is -3.03. The van der Waals surface area contributed by atoms with Gasteiger partial charge in [0.05, 0.1) is 31.3 Å². The number of anilines is 1. The van der Waals surface area contributed by atoms with Crippen molar-refractivity contribution in [2.75, 3.05) is 19.5 Å². The molecule has 1 aromatic carbocycles. The first-order valence-electron chi connectivity index (χ1n) is 7.84. The third-order valence-electron chi connectivity index (χ3n) is 3.80. The second-order valence-corrected chi connectivity index (χ2v) is 5.17. The van der Waals surface area contributed by atoms with Gasteiger partial charge in [0, 0.05) is 18.8 Å². The van der Waals surface area contributed by atoms with Crippen molar-refractivity contribution >= 4 is 28.7 Å². The molecule has 2 aromatic rings. The van der Waals surface area contributed by atoms with E-state index in [1.165, 1.54) is 14.2 Å². The lowest BCUT2D eigenvalue weighted by Crippen LogP contribution is -2.23. The number of nitrogens with zero attached hydrogens (tertiary/aromatic N) is 2. The summed E-state index contributed by atoms with van der Waals surface area (Å²) in [6, 6.07) is 5.27. The van der Waals surface area contributed by atoms with Crippen molar-refractivity contribution in [3.05, 3.63) is 40.5 Å². The quantitative estimate of drug-likeness (QED) is 0.629. The highest BCUT2D eigenvalue weighted by Crippen LogP contribution is 2.20. The average molecular weight is 347 g/mol. The fourth-order valence-electron chi connectivity index (χ4n) is 2.60. The maximum absolute atomic E-state index is 12.4. The summed E-state index contributed by atoms with van der Waals surface area (Å²) in [5, 5.41) is 2.85. The van der Waals surface area contributed by atoms with Crippen LogP contribution in [0.3, 0.4) is 0 Å². The number of benzene rings is 1. The van der Waals surface area contributed by atoms with E-state index >= 15 is 0 Å². The van der Waals surface area contributed by atoms with Crippen LogP contribution in [0.4, 0.5) is 5.69 Å². The van der Waals surface area contributed by atoms with E-state index in [1.54, 1.807) is 27.3 Å². The molecule has 2 rings (SSSR count). The molecule has 134 valence electrons.